The monoisotopic (exact) mass is 546 g/mol. The van der Waals surface area contributed by atoms with Crippen molar-refractivity contribution in [2.75, 3.05) is 23.7 Å². The Hall–Kier alpha value is -3.84. The summed E-state index contributed by atoms with van der Waals surface area (Å²) in [7, 11) is 0. The number of nitrogens with one attached hydrogen (secondary N) is 2. The van der Waals surface area contributed by atoms with Crippen molar-refractivity contribution in [2.24, 2.45) is 0 Å². The second kappa shape index (κ2) is 11.7. The number of hydrogen-bond acceptors (Lipinski definition) is 6. The van der Waals surface area contributed by atoms with Crippen molar-refractivity contribution in [3.8, 4) is 0 Å². The van der Waals surface area contributed by atoms with Gasteiger partial charge in [-0.25, -0.2) is 0 Å². The topological polar surface area (TPSA) is 98.8 Å². The van der Waals surface area contributed by atoms with Crippen LogP contribution in [0.4, 0.5) is 37.7 Å². The first kappa shape index (κ1) is 28.7. The Bertz CT molecular complexity index is 1030. The average molecular weight is 546 g/mol. The largest absolute Gasteiger partial charge is 0.454 e. The van der Waals surface area contributed by atoms with Gasteiger partial charge in [-0.2, -0.15) is 26.3 Å². The lowest BCUT2D eigenvalue weighted by atomic mass is 10.2. The van der Waals surface area contributed by atoms with Crippen LogP contribution < -0.4 is 10.6 Å². The van der Waals surface area contributed by atoms with Gasteiger partial charge in [0.15, 0.2) is 0 Å². The number of amides is 2. The Morgan fingerprint density at radius 1 is 0.684 bits per heavy atom. The van der Waals surface area contributed by atoms with Gasteiger partial charge in [0.25, 0.3) is 11.6 Å². The molecule has 2 aliphatic heterocycles. The number of allylic oxidation sites excluding steroid dienone is 2. The van der Waals surface area contributed by atoms with Gasteiger partial charge in [-0.3, -0.25) is 19.2 Å². The van der Waals surface area contributed by atoms with Crippen LogP contribution in [0.1, 0.15) is 25.7 Å². The molecule has 1 aromatic rings. The highest BCUT2D eigenvalue weighted by atomic mass is 19.4. The number of likely N-dealkylation sites (tertiary alicyclic amines) is 2. The van der Waals surface area contributed by atoms with Gasteiger partial charge in [-0.15, -0.1) is 0 Å². The highest BCUT2D eigenvalue weighted by Gasteiger charge is 2.38. The van der Waals surface area contributed by atoms with Crippen LogP contribution in [0.15, 0.2) is 48.8 Å². The van der Waals surface area contributed by atoms with Crippen LogP contribution in [0.5, 0.6) is 0 Å². The first-order valence-electron chi connectivity index (χ1n) is 11.6. The van der Waals surface area contributed by atoms with Gasteiger partial charge < -0.3 is 20.4 Å². The molecule has 1 aromatic carbocycles. The summed E-state index contributed by atoms with van der Waals surface area (Å²) in [5.41, 5.74) is 0.706. The molecule has 2 heterocycles. The van der Waals surface area contributed by atoms with Gasteiger partial charge in [-0.1, -0.05) is 0 Å². The summed E-state index contributed by atoms with van der Waals surface area (Å²) in [6.45, 7) is 0.616. The number of ketones is 2. The molecule has 8 nitrogen and oxygen atoms in total. The smallest absolute Gasteiger partial charge is 0.365 e. The normalized spacial score (nSPS) is 20.4. The zero-order valence-electron chi connectivity index (χ0n) is 19.8. The summed E-state index contributed by atoms with van der Waals surface area (Å²) >= 11 is 0. The molecule has 0 aromatic heterocycles. The van der Waals surface area contributed by atoms with Crippen LogP contribution in [0.3, 0.4) is 0 Å². The molecule has 3 rings (SSSR count). The van der Waals surface area contributed by atoms with E-state index in [1.165, 1.54) is 34.1 Å². The van der Waals surface area contributed by atoms with Gasteiger partial charge >= 0.3 is 12.4 Å². The van der Waals surface area contributed by atoms with E-state index in [9.17, 15) is 45.5 Å². The van der Waals surface area contributed by atoms with Crippen molar-refractivity contribution in [1.29, 1.82) is 0 Å². The Labute approximate surface area is 213 Å². The number of anilines is 2. The van der Waals surface area contributed by atoms with E-state index in [2.05, 4.69) is 10.6 Å². The molecule has 38 heavy (non-hydrogen) atoms. The molecule has 206 valence electrons. The highest BCUT2D eigenvalue weighted by Crippen LogP contribution is 2.24. The fourth-order valence-corrected chi connectivity index (χ4v) is 4.10. The predicted molar refractivity (Wildman–Crippen MR) is 124 cm³/mol. The number of nitrogens with zero attached hydrogens (tertiary/aromatic N) is 2. The third kappa shape index (κ3) is 7.59. The number of alkyl halides is 6. The lowest BCUT2D eigenvalue weighted by Gasteiger charge is -2.22. The van der Waals surface area contributed by atoms with Crippen LogP contribution in [-0.2, 0) is 19.2 Å². The summed E-state index contributed by atoms with van der Waals surface area (Å²) in [6, 6.07) is 4.43. The standard InChI is InChI=1S/C24H24F6N4O4/c25-23(26,27)19(35)9-13-33-11-1-3-17(33)21(37)31-15-5-7-16(8-6-15)32-22(38)18-4-2-12-34(18)14-10-20(36)24(28,29)30/h5-10,13-14,17-18H,1-4,11-12H2,(H,31,37)(H,32,38). The van der Waals surface area contributed by atoms with Crippen molar-refractivity contribution in [3.63, 3.8) is 0 Å². The number of benzene rings is 1. The van der Waals surface area contributed by atoms with Crippen LogP contribution in [0.2, 0.25) is 0 Å². The Morgan fingerprint density at radius 3 is 1.34 bits per heavy atom. The zero-order chi connectivity index (χ0) is 28.1. The first-order chi connectivity index (χ1) is 17.8. The van der Waals surface area contributed by atoms with Gasteiger partial charge in [0.1, 0.15) is 12.1 Å². The van der Waals surface area contributed by atoms with E-state index >= 15 is 0 Å². The molecule has 14 heteroatoms. The lowest BCUT2D eigenvalue weighted by molar-refractivity contribution is -0.165. The molecule has 2 fully saturated rings. The van der Waals surface area contributed by atoms with Crippen molar-refractivity contribution < 1.29 is 45.5 Å². The van der Waals surface area contributed by atoms with Crippen molar-refractivity contribution in [3.05, 3.63) is 48.8 Å². The van der Waals surface area contributed by atoms with Crippen LogP contribution in [-0.4, -0.2) is 70.7 Å². The Morgan fingerprint density at radius 2 is 1.03 bits per heavy atom. The van der Waals surface area contributed by atoms with E-state index in [-0.39, 0.29) is 0 Å². The van der Waals surface area contributed by atoms with E-state index in [0.717, 1.165) is 12.4 Å². The van der Waals surface area contributed by atoms with E-state index in [1.807, 2.05) is 0 Å². The summed E-state index contributed by atoms with van der Waals surface area (Å²) in [5, 5.41) is 5.28. The van der Waals surface area contributed by atoms with Crippen molar-refractivity contribution >= 4 is 34.8 Å². The number of halogens is 6. The van der Waals surface area contributed by atoms with E-state index in [1.54, 1.807) is 0 Å². The van der Waals surface area contributed by atoms with Crippen molar-refractivity contribution in [2.45, 2.75) is 50.1 Å². The van der Waals surface area contributed by atoms with E-state index in [0.29, 0.717) is 62.3 Å². The van der Waals surface area contributed by atoms with Crippen LogP contribution in [0.25, 0.3) is 0 Å². The molecule has 0 spiro atoms. The SMILES string of the molecule is O=C(Nc1ccc(NC(=O)C2CCCN2C=CC(=O)C(F)(F)F)cc1)C1CCCN1C=CC(=O)C(F)(F)F. The molecule has 2 amide bonds. The minimum Gasteiger partial charge on any atom is -0.365 e. The molecule has 2 aliphatic rings. The fourth-order valence-electron chi connectivity index (χ4n) is 4.10. The second-order valence-electron chi connectivity index (χ2n) is 8.70. The maximum atomic E-state index is 12.6. The number of hydrogen-bond donors (Lipinski definition) is 2. The zero-order valence-corrected chi connectivity index (χ0v) is 19.8. The third-order valence-corrected chi connectivity index (χ3v) is 6.01. The lowest BCUT2D eigenvalue weighted by Crippen LogP contribution is -2.37. The van der Waals surface area contributed by atoms with Gasteiger partial charge in [0.05, 0.1) is 0 Å². The molecule has 2 N–H and O–H groups in total. The average Bonchev–Trinajstić information content (AvgIpc) is 3.50. The summed E-state index contributed by atoms with van der Waals surface area (Å²) in [4.78, 5) is 50.1. The first-order valence-corrected chi connectivity index (χ1v) is 11.6. The van der Waals surface area contributed by atoms with Gasteiger partial charge in [0, 0.05) is 49.0 Å². The number of rotatable bonds is 8. The fraction of sp³-hybridized carbons (Fsp3) is 0.417. The van der Waals surface area contributed by atoms with Gasteiger partial charge in [0.2, 0.25) is 11.8 Å². The molecular formula is C24H24F6N4O4. The summed E-state index contributed by atoms with van der Waals surface area (Å²) < 4.78 is 74.4. The van der Waals surface area contributed by atoms with E-state index in [4.69, 9.17) is 0 Å². The molecule has 0 saturated carbocycles. The maximum absolute atomic E-state index is 12.6. The van der Waals surface area contributed by atoms with Crippen molar-refractivity contribution in [1.82, 2.24) is 9.80 Å². The molecule has 2 saturated heterocycles. The Balaban J connectivity index is 1.55. The van der Waals surface area contributed by atoms with Crippen LogP contribution in [0, 0.1) is 0 Å². The third-order valence-electron chi connectivity index (χ3n) is 6.01. The quantitative estimate of drug-likeness (QED) is 0.381. The minimum atomic E-state index is -5.00. The Kier molecular flexibility index (Phi) is 8.84. The molecular weight excluding hydrogens is 522 g/mol. The number of carbonyl (C=O) groups is 4. The molecule has 0 bridgehead atoms. The van der Waals surface area contributed by atoms with Gasteiger partial charge in [-0.05, 0) is 49.9 Å². The summed E-state index contributed by atoms with van der Waals surface area (Å²) in [5.74, 6) is -5.00. The van der Waals surface area contributed by atoms with Crippen LogP contribution >= 0.6 is 0 Å². The highest BCUT2D eigenvalue weighted by molar-refractivity contribution is 5.98. The second-order valence-corrected chi connectivity index (χ2v) is 8.70. The van der Waals surface area contributed by atoms with E-state index < -0.39 is 47.8 Å². The molecule has 2 unspecified atom stereocenters. The minimum absolute atomic E-state index is 0.308. The maximum Gasteiger partial charge on any atom is 0.454 e. The molecule has 2 atom stereocenters. The molecule has 0 aliphatic carbocycles. The summed E-state index contributed by atoms with van der Waals surface area (Å²) in [6.07, 6.45) is -5.43. The predicted octanol–water partition coefficient (Wildman–Crippen LogP) is 3.78. The molecule has 0 radical (unpaired) electrons. The number of carbonyl (C=O) groups excluding carboxylic acids is 4.